The molecule has 0 radical (unpaired) electrons. The van der Waals surface area contributed by atoms with Crippen LogP contribution in [0.25, 0.3) is 0 Å². The number of rotatable bonds is 5. The number of hydrogen-bond donors (Lipinski definition) is 1. The molecule has 4 heteroatoms. The highest BCUT2D eigenvalue weighted by atomic mass is 31.1. The number of para-hydroxylation sites is 2. The maximum absolute atomic E-state index is 11.4. The Hall–Kier alpha value is -2.51. The average Bonchev–Trinajstić information content (AvgIpc) is 2.69. The van der Waals surface area contributed by atoms with Crippen LogP contribution in [0.5, 0.6) is 17.2 Å². The molecule has 0 saturated carbocycles. The molecule has 3 aromatic carbocycles. The summed E-state index contributed by atoms with van der Waals surface area (Å²) in [6.07, 6.45) is 0. The molecule has 0 aliphatic heterocycles. The van der Waals surface area contributed by atoms with Gasteiger partial charge in [0.15, 0.2) is 0 Å². The molecule has 1 atom stereocenters. The van der Waals surface area contributed by atoms with Crippen molar-refractivity contribution in [1.82, 2.24) is 0 Å². The zero-order valence-electron chi connectivity index (χ0n) is 18.0. The van der Waals surface area contributed by atoms with Crippen molar-refractivity contribution < 1.29 is 14.6 Å². The Balaban J connectivity index is 2.38. The van der Waals surface area contributed by atoms with Gasteiger partial charge in [0.25, 0.3) is 0 Å². The maximum Gasteiger partial charge on any atom is 0.127 e. The van der Waals surface area contributed by atoms with Gasteiger partial charge in [-0.1, -0.05) is 69.3 Å². The lowest BCUT2D eigenvalue weighted by Gasteiger charge is -2.28. The van der Waals surface area contributed by atoms with Crippen molar-refractivity contribution in [3.05, 3.63) is 71.8 Å². The second-order valence-corrected chi connectivity index (χ2v) is 10.1. The van der Waals surface area contributed by atoms with Gasteiger partial charge >= 0.3 is 0 Å². The molecule has 0 amide bonds. The van der Waals surface area contributed by atoms with Gasteiger partial charge in [0.05, 0.1) is 14.2 Å². The van der Waals surface area contributed by atoms with Gasteiger partial charge < -0.3 is 14.6 Å². The highest BCUT2D eigenvalue weighted by Crippen LogP contribution is 2.44. The molecule has 3 aromatic rings. The molecular weight excluding hydrogens is 379 g/mol. The quantitative estimate of drug-likeness (QED) is 0.618. The minimum Gasteiger partial charge on any atom is -0.507 e. The predicted octanol–water partition coefficient (Wildman–Crippen LogP) is 4.77. The van der Waals surface area contributed by atoms with Gasteiger partial charge in [-0.15, -0.1) is 0 Å². The van der Waals surface area contributed by atoms with Crippen molar-refractivity contribution in [1.29, 1.82) is 0 Å². The number of aryl methyl sites for hydroxylation is 1. The number of ether oxygens (including phenoxy) is 2. The molecule has 0 spiro atoms. The van der Waals surface area contributed by atoms with Gasteiger partial charge in [0.1, 0.15) is 17.2 Å². The first-order valence-electron chi connectivity index (χ1n) is 9.68. The molecule has 0 saturated heterocycles. The van der Waals surface area contributed by atoms with Crippen LogP contribution in [-0.2, 0) is 5.41 Å². The maximum atomic E-state index is 11.4. The summed E-state index contributed by atoms with van der Waals surface area (Å²) in [6, 6.07) is 20.2. The minimum atomic E-state index is -1.10. The number of hydrogen-bond acceptors (Lipinski definition) is 3. The first-order chi connectivity index (χ1) is 13.8. The van der Waals surface area contributed by atoms with E-state index >= 15 is 0 Å². The van der Waals surface area contributed by atoms with E-state index in [9.17, 15) is 5.11 Å². The summed E-state index contributed by atoms with van der Waals surface area (Å²) < 4.78 is 11.5. The van der Waals surface area contributed by atoms with Gasteiger partial charge in [-0.25, -0.2) is 0 Å². The largest absolute Gasteiger partial charge is 0.507 e. The van der Waals surface area contributed by atoms with Crippen LogP contribution in [-0.4, -0.2) is 19.3 Å². The van der Waals surface area contributed by atoms with Gasteiger partial charge in [-0.3, -0.25) is 0 Å². The molecule has 0 aliphatic rings. The Kier molecular flexibility index (Phi) is 6.19. The van der Waals surface area contributed by atoms with Gasteiger partial charge in [-0.2, -0.15) is 0 Å². The summed E-state index contributed by atoms with van der Waals surface area (Å²) in [5, 5.41) is 14.4. The van der Waals surface area contributed by atoms with E-state index in [1.807, 2.05) is 48.5 Å². The molecule has 3 rings (SSSR count). The lowest BCUT2D eigenvalue weighted by atomic mass is 9.86. The van der Waals surface area contributed by atoms with Crippen LogP contribution < -0.4 is 25.4 Å². The van der Waals surface area contributed by atoms with Crippen LogP contribution in [0.1, 0.15) is 31.9 Å². The van der Waals surface area contributed by atoms with Crippen LogP contribution in [0.15, 0.2) is 60.7 Å². The average molecular weight is 408 g/mol. The highest BCUT2D eigenvalue weighted by Gasteiger charge is 2.29. The Morgan fingerprint density at radius 3 is 2.00 bits per heavy atom. The second kappa shape index (κ2) is 8.47. The Morgan fingerprint density at radius 2 is 1.34 bits per heavy atom. The van der Waals surface area contributed by atoms with E-state index < -0.39 is 7.92 Å². The molecule has 0 aromatic heterocycles. The summed E-state index contributed by atoms with van der Waals surface area (Å²) in [5.74, 6) is 1.98. The third kappa shape index (κ3) is 4.11. The van der Waals surface area contributed by atoms with Crippen LogP contribution in [0.3, 0.4) is 0 Å². The number of phenolic OH excluding ortho intramolecular Hbond substituents is 1. The van der Waals surface area contributed by atoms with E-state index in [2.05, 4.69) is 39.8 Å². The van der Waals surface area contributed by atoms with Crippen molar-refractivity contribution in [2.24, 2.45) is 0 Å². The topological polar surface area (TPSA) is 38.7 Å². The Bertz CT molecular complexity index is 1010. The molecule has 1 unspecified atom stereocenters. The number of phenols is 1. The predicted molar refractivity (Wildman–Crippen MR) is 123 cm³/mol. The van der Waals surface area contributed by atoms with E-state index in [0.717, 1.165) is 38.5 Å². The number of methoxy groups -OCH3 is 2. The molecule has 0 bridgehead atoms. The minimum absolute atomic E-state index is 0.169. The van der Waals surface area contributed by atoms with E-state index in [1.54, 1.807) is 14.2 Å². The third-order valence-corrected chi connectivity index (χ3v) is 7.75. The second-order valence-electron chi connectivity index (χ2n) is 8.06. The van der Waals surface area contributed by atoms with E-state index in [1.165, 1.54) is 0 Å². The number of benzene rings is 3. The summed E-state index contributed by atoms with van der Waals surface area (Å²) >= 11 is 0. The van der Waals surface area contributed by atoms with Gasteiger partial charge in [-0.05, 0) is 43.5 Å². The van der Waals surface area contributed by atoms with Crippen LogP contribution in [0, 0.1) is 6.92 Å². The van der Waals surface area contributed by atoms with Gasteiger partial charge in [0.2, 0.25) is 0 Å². The summed E-state index contributed by atoms with van der Waals surface area (Å²) in [5.41, 5.74) is 1.89. The zero-order chi connectivity index (χ0) is 21.2. The lowest BCUT2D eigenvalue weighted by molar-refractivity contribution is 0.417. The lowest BCUT2D eigenvalue weighted by Crippen LogP contribution is -2.26. The normalized spacial score (nSPS) is 12.5. The van der Waals surface area contributed by atoms with Crippen LogP contribution >= 0.6 is 7.92 Å². The molecule has 0 heterocycles. The highest BCUT2D eigenvalue weighted by molar-refractivity contribution is 7.80. The van der Waals surface area contributed by atoms with Crippen molar-refractivity contribution >= 4 is 23.8 Å². The summed E-state index contributed by atoms with van der Waals surface area (Å²) in [4.78, 5) is 0. The molecule has 0 fully saturated rings. The summed E-state index contributed by atoms with van der Waals surface area (Å²) in [6.45, 7) is 8.44. The molecule has 3 nitrogen and oxygen atoms in total. The molecule has 0 aliphatic carbocycles. The van der Waals surface area contributed by atoms with Crippen LogP contribution in [0.2, 0.25) is 0 Å². The fraction of sp³-hybridized carbons (Fsp3) is 0.280. The van der Waals surface area contributed by atoms with Crippen molar-refractivity contribution in [2.75, 3.05) is 14.2 Å². The Labute approximate surface area is 175 Å². The van der Waals surface area contributed by atoms with Crippen LogP contribution in [0.4, 0.5) is 0 Å². The standard InChI is InChI=1S/C25H29O3P/c1-17-11-9-14-20(28-6)24(17)29(21-15-8-7-13-19(21)27-5)22-16-10-12-18(23(22)26)25(2,3)4/h7-16,26H,1-6H3. The zero-order valence-corrected chi connectivity index (χ0v) is 18.9. The monoisotopic (exact) mass is 408 g/mol. The SMILES string of the molecule is COc1ccccc1P(c1cccc(C(C)(C)C)c1O)c1c(C)cccc1OC. The van der Waals surface area contributed by atoms with Crippen molar-refractivity contribution in [3.8, 4) is 17.2 Å². The van der Waals surface area contributed by atoms with E-state index in [0.29, 0.717) is 5.75 Å². The van der Waals surface area contributed by atoms with Crippen molar-refractivity contribution in [2.45, 2.75) is 33.1 Å². The number of aromatic hydroxyl groups is 1. The fourth-order valence-electron chi connectivity index (χ4n) is 3.59. The smallest absolute Gasteiger partial charge is 0.127 e. The molecular formula is C25H29O3P. The molecule has 29 heavy (non-hydrogen) atoms. The van der Waals surface area contributed by atoms with E-state index in [-0.39, 0.29) is 5.41 Å². The van der Waals surface area contributed by atoms with E-state index in [4.69, 9.17) is 9.47 Å². The first kappa shape index (κ1) is 21.2. The first-order valence-corrected chi connectivity index (χ1v) is 11.0. The Morgan fingerprint density at radius 1 is 0.759 bits per heavy atom. The van der Waals surface area contributed by atoms with Gasteiger partial charge in [0, 0.05) is 15.9 Å². The van der Waals surface area contributed by atoms with Crippen molar-refractivity contribution in [3.63, 3.8) is 0 Å². The summed E-state index contributed by atoms with van der Waals surface area (Å²) in [7, 11) is 2.28. The third-order valence-electron chi connectivity index (χ3n) is 5.03. The fourth-order valence-corrected chi connectivity index (χ4v) is 6.33. The molecule has 1 N–H and O–H groups in total. The molecule has 152 valence electrons.